The highest BCUT2D eigenvalue weighted by Gasteiger charge is 2.16. The average molecular weight is 315 g/mol. The number of nitro benzene ring substituents is 1. The molecule has 0 fully saturated rings. The second-order valence-electron chi connectivity index (χ2n) is 4.88. The van der Waals surface area contributed by atoms with Crippen molar-refractivity contribution in [2.24, 2.45) is 5.73 Å². The van der Waals surface area contributed by atoms with E-state index >= 15 is 0 Å². The maximum absolute atomic E-state index is 11.1. The van der Waals surface area contributed by atoms with E-state index in [1.54, 1.807) is 7.11 Å². The van der Waals surface area contributed by atoms with Crippen LogP contribution in [-0.4, -0.2) is 24.5 Å². The van der Waals surface area contributed by atoms with Gasteiger partial charge in [0.2, 0.25) is 5.91 Å². The number of anilines is 1. The van der Waals surface area contributed by atoms with Crippen LogP contribution in [0.2, 0.25) is 0 Å². The molecule has 0 spiro atoms. The summed E-state index contributed by atoms with van der Waals surface area (Å²) in [6.45, 7) is 0.517. The van der Waals surface area contributed by atoms with Gasteiger partial charge >= 0.3 is 0 Å². The van der Waals surface area contributed by atoms with Crippen LogP contribution in [0.4, 0.5) is 11.4 Å². The van der Waals surface area contributed by atoms with Crippen molar-refractivity contribution in [1.82, 2.24) is 0 Å². The van der Waals surface area contributed by atoms with Gasteiger partial charge < -0.3 is 15.8 Å². The largest absolute Gasteiger partial charge is 0.497 e. The molecule has 0 radical (unpaired) electrons. The minimum Gasteiger partial charge on any atom is -0.497 e. The molecular formula is C16H17N3O4. The summed E-state index contributed by atoms with van der Waals surface area (Å²) in [6.07, 6.45) is 0.693. The topological polar surface area (TPSA) is 107 Å². The molecule has 0 aromatic heterocycles. The Balaban J connectivity index is 2.04. The predicted octanol–water partition coefficient (Wildman–Crippen LogP) is 2.36. The number of nitrogens with one attached hydrogen (secondary N) is 1. The third-order valence-electron chi connectivity index (χ3n) is 3.37. The molecule has 2 rings (SSSR count). The molecule has 7 nitrogen and oxygen atoms in total. The standard InChI is InChI=1S/C16H17N3O4/c1-23-13-5-2-11(3-6-13)8-9-18-14-7-4-12(16(17)20)10-15(14)19(21)22/h2-7,10,18H,8-9H2,1H3,(H2,17,20). The first kappa shape index (κ1) is 16.3. The monoisotopic (exact) mass is 315 g/mol. The number of ether oxygens (including phenoxy) is 1. The van der Waals surface area contributed by atoms with E-state index in [1.807, 2.05) is 24.3 Å². The second-order valence-corrected chi connectivity index (χ2v) is 4.88. The number of benzene rings is 2. The number of carbonyl (C=O) groups excluding carboxylic acids is 1. The Morgan fingerprint density at radius 2 is 1.96 bits per heavy atom. The molecule has 23 heavy (non-hydrogen) atoms. The Morgan fingerprint density at radius 3 is 2.52 bits per heavy atom. The number of rotatable bonds is 7. The van der Waals surface area contributed by atoms with Crippen LogP contribution in [0.15, 0.2) is 42.5 Å². The van der Waals surface area contributed by atoms with Crippen LogP contribution in [0.3, 0.4) is 0 Å². The number of hydrogen-bond donors (Lipinski definition) is 2. The van der Waals surface area contributed by atoms with Gasteiger partial charge in [-0.25, -0.2) is 0 Å². The van der Waals surface area contributed by atoms with Crippen molar-refractivity contribution in [1.29, 1.82) is 0 Å². The fourth-order valence-electron chi connectivity index (χ4n) is 2.12. The van der Waals surface area contributed by atoms with Crippen LogP contribution >= 0.6 is 0 Å². The van der Waals surface area contributed by atoms with Crippen molar-refractivity contribution in [2.45, 2.75) is 6.42 Å². The van der Waals surface area contributed by atoms with Gasteiger partial charge in [-0.2, -0.15) is 0 Å². The first-order valence-electron chi connectivity index (χ1n) is 6.96. The molecule has 0 aliphatic heterocycles. The van der Waals surface area contributed by atoms with E-state index in [1.165, 1.54) is 18.2 Å². The Hall–Kier alpha value is -3.09. The fourth-order valence-corrected chi connectivity index (χ4v) is 2.12. The van der Waals surface area contributed by atoms with E-state index in [4.69, 9.17) is 10.5 Å². The zero-order chi connectivity index (χ0) is 16.8. The Morgan fingerprint density at radius 1 is 1.26 bits per heavy atom. The van der Waals surface area contributed by atoms with E-state index in [-0.39, 0.29) is 11.3 Å². The molecule has 3 N–H and O–H groups in total. The van der Waals surface area contributed by atoms with Crippen molar-refractivity contribution >= 4 is 17.3 Å². The summed E-state index contributed by atoms with van der Waals surface area (Å²) in [5.41, 5.74) is 6.51. The highest BCUT2D eigenvalue weighted by atomic mass is 16.6. The van der Waals surface area contributed by atoms with Crippen molar-refractivity contribution < 1.29 is 14.5 Å². The first-order chi connectivity index (χ1) is 11.0. The van der Waals surface area contributed by atoms with Gasteiger partial charge in [-0.1, -0.05) is 12.1 Å². The number of nitrogens with zero attached hydrogens (tertiary/aromatic N) is 1. The van der Waals surface area contributed by atoms with Crippen LogP contribution in [0, 0.1) is 10.1 Å². The van der Waals surface area contributed by atoms with Crippen molar-refractivity contribution in [2.75, 3.05) is 19.0 Å². The van der Waals surface area contributed by atoms with Crippen LogP contribution in [0.5, 0.6) is 5.75 Å². The molecule has 2 aromatic carbocycles. The van der Waals surface area contributed by atoms with Crippen molar-refractivity contribution in [3.8, 4) is 5.75 Å². The summed E-state index contributed by atoms with van der Waals surface area (Å²) < 4.78 is 5.09. The lowest BCUT2D eigenvalue weighted by atomic mass is 10.1. The first-order valence-corrected chi connectivity index (χ1v) is 6.96. The highest BCUT2D eigenvalue weighted by molar-refractivity contribution is 5.94. The van der Waals surface area contributed by atoms with Gasteiger partial charge in [-0.3, -0.25) is 14.9 Å². The zero-order valence-corrected chi connectivity index (χ0v) is 12.6. The number of nitro groups is 1. The lowest BCUT2D eigenvalue weighted by Crippen LogP contribution is -2.12. The van der Waals surface area contributed by atoms with Crippen molar-refractivity contribution in [3.63, 3.8) is 0 Å². The quantitative estimate of drug-likeness (QED) is 0.602. The minimum atomic E-state index is -0.696. The van der Waals surface area contributed by atoms with Crippen LogP contribution in [-0.2, 0) is 6.42 Å². The molecule has 1 amide bonds. The lowest BCUT2D eigenvalue weighted by Gasteiger charge is -2.08. The molecule has 0 atom stereocenters. The minimum absolute atomic E-state index is 0.109. The molecule has 0 saturated carbocycles. The van der Waals surface area contributed by atoms with Crippen molar-refractivity contribution in [3.05, 3.63) is 63.7 Å². The Bertz CT molecular complexity index is 714. The van der Waals surface area contributed by atoms with E-state index < -0.39 is 10.8 Å². The van der Waals surface area contributed by atoms with E-state index in [0.717, 1.165) is 11.3 Å². The molecule has 0 unspecified atom stereocenters. The van der Waals surface area contributed by atoms with Gasteiger partial charge in [0.25, 0.3) is 5.69 Å². The van der Waals surface area contributed by atoms with Gasteiger partial charge in [-0.15, -0.1) is 0 Å². The molecule has 7 heteroatoms. The SMILES string of the molecule is COc1ccc(CCNc2ccc(C(N)=O)cc2[N+](=O)[O-])cc1. The summed E-state index contributed by atoms with van der Waals surface area (Å²) in [7, 11) is 1.60. The lowest BCUT2D eigenvalue weighted by molar-refractivity contribution is -0.384. The third kappa shape index (κ3) is 4.19. The molecule has 0 aliphatic rings. The summed E-state index contributed by atoms with van der Waals surface area (Å²) >= 11 is 0. The fraction of sp³-hybridized carbons (Fsp3) is 0.188. The Labute approximate surface area is 133 Å². The normalized spacial score (nSPS) is 10.1. The van der Waals surface area contributed by atoms with Crippen LogP contribution in [0.25, 0.3) is 0 Å². The average Bonchev–Trinajstić information content (AvgIpc) is 2.55. The molecule has 120 valence electrons. The van der Waals surface area contributed by atoms with E-state index in [9.17, 15) is 14.9 Å². The summed E-state index contributed by atoms with van der Waals surface area (Å²) in [5, 5.41) is 14.1. The molecule has 0 saturated heterocycles. The number of carbonyl (C=O) groups is 1. The third-order valence-corrected chi connectivity index (χ3v) is 3.37. The summed E-state index contributed by atoms with van der Waals surface area (Å²) in [5.74, 6) is 0.0808. The summed E-state index contributed by atoms with van der Waals surface area (Å²) in [6, 6.07) is 11.7. The predicted molar refractivity (Wildman–Crippen MR) is 86.8 cm³/mol. The molecule has 2 aromatic rings. The van der Waals surface area contributed by atoms with E-state index in [2.05, 4.69) is 5.32 Å². The molecule has 0 heterocycles. The van der Waals surface area contributed by atoms with Crippen LogP contribution in [0.1, 0.15) is 15.9 Å². The zero-order valence-electron chi connectivity index (χ0n) is 12.6. The summed E-state index contributed by atoms with van der Waals surface area (Å²) in [4.78, 5) is 21.7. The molecular weight excluding hydrogens is 298 g/mol. The highest BCUT2D eigenvalue weighted by Crippen LogP contribution is 2.25. The number of amides is 1. The number of nitrogens with two attached hydrogens (primary N) is 1. The number of primary amides is 1. The van der Waals surface area contributed by atoms with Gasteiger partial charge in [0.05, 0.1) is 12.0 Å². The van der Waals surface area contributed by atoms with Gasteiger partial charge in [0, 0.05) is 18.2 Å². The van der Waals surface area contributed by atoms with Gasteiger partial charge in [0.15, 0.2) is 0 Å². The maximum atomic E-state index is 11.1. The van der Waals surface area contributed by atoms with E-state index in [0.29, 0.717) is 18.7 Å². The molecule has 0 bridgehead atoms. The smallest absolute Gasteiger partial charge is 0.293 e. The number of hydrogen-bond acceptors (Lipinski definition) is 5. The van der Waals surface area contributed by atoms with Gasteiger partial charge in [0.1, 0.15) is 11.4 Å². The Kier molecular flexibility index (Phi) is 5.14. The number of methoxy groups -OCH3 is 1. The molecule has 0 aliphatic carbocycles. The maximum Gasteiger partial charge on any atom is 0.293 e. The second kappa shape index (κ2) is 7.26. The van der Waals surface area contributed by atoms with Gasteiger partial charge in [-0.05, 0) is 36.2 Å². The van der Waals surface area contributed by atoms with Crippen LogP contribution < -0.4 is 15.8 Å².